The van der Waals surface area contributed by atoms with E-state index in [9.17, 15) is 44.0 Å². The number of carboxylic acid groups (broad SMARTS) is 3. The van der Waals surface area contributed by atoms with Crippen LogP contribution >= 0.6 is 11.3 Å². The molecular formula is C28H32FN3O9S. The number of aliphatic carboxylic acids is 3. The minimum Gasteiger partial charge on any atom is -0.481 e. The van der Waals surface area contributed by atoms with Crippen LogP contribution in [-0.2, 0) is 42.5 Å². The van der Waals surface area contributed by atoms with Crippen molar-refractivity contribution >= 4 is 35.2 Å². The summed E-state index contributed by atoms with van der Waals surface area (Å²) in [6, 6.07) is 2.88. The molecular weight excluding hydrogens is 573 g/mol. The predicted molar refractivity (Wildman–Crippen MR) is 144 cm³/mol. The number of carbonyl (C=O) groups is 4. The van der Waals surface area contributed by atoms with Crippen LogP contribution < -0.4 is 0 Å². The Bertz CT molecular complexity index is 1370. The maximum Gasteiger partial charge on any atom is 0.337 e. The van der Waals surface area contributed by atoms with Gasteiger partial charge in [0.1, 0.15) is 11.7 Å². The van der Waals surface area contributed by atoms with Crippen LogP contribution in [0.4, 0.5) is 4.39 Å². The van der Waals surface area contributed by atoms with Gasteiger partial charge in [-0.1, -0.05) is 6.07 Å². The first-order valence-corrected chi connectivity index (χ1v) is 14.6. The van der Waals surface area contributed by atoms with Crippen molar-refractivity contribution in [1.29, 1.82) is 0 Å². The zero-order valence-corrected chi connectivity index (χ0v) is 23.5. The Morgan fingerprint density at radius 2 is 1.95 bits per heavy atom. The van der Waals surface area contributed by atoms with Gasteiger partial charge in [0.15, 0.2) is 5.60 Å². The Morgan fingerprint density at radius 1 is 1.19 bits per heavy atom. The van der Waals surface area contributed by atoms with E-state index in [1.54, 1.807) is 21.4 Å². The van der Waals surface area contributed by atoms with Gasteiger partial charge in [-0.05, 0) is 42.5 Å². The second kappa shape index (κ2) is 11.7. The van der Waals surface area contributed by atoms with Crippen LogP contribution in [0.2, 0.25) is 0 Å². The molecule has 1 amide bonds. The number of ether oxygens (including phenoxy) is 1. The molecule has 1 aromatic carbocycles. The number of aromatic nitrogens is 1. The molecule has 2 fully saturated rings. The molecule has 42 heavy (non-hydrogen) atoms. The van der Waals surface area contributed by atoms with Crippen molar-refractivity contribution in [3.63, 3.8) is 0 Å². The van der Waals surface area contributed by atoms with E-state index in [2.05, 4.69) is 4.98 Å². The van der Waals surface area contributed by atoms with Crippen molar-refractivity contribution in [3.05, 3.63) is 51.7 Å². The number of hydrogen-bond donors (Lipinski definition) is 4. The zero-order chi connectivity index (χ0) is 30.2. The van der Waals surface area contributed by atoms with E-state index in [1.807, 2.05) is 5.38 Å². The number of likely N-dealkylation sites (tertiary alicyclic amines) is 2. The van der Waals surface area contributed by atoms with Gasteiger partial charge in [0.05, 0.1) is 35.8 Å². The van der Waals surface area contributed by atoms with Crippen LogP contribution in [0.15, 0.2) is 29.1 Å². The third-order valence-corrected chi connectivity index (χ3v) is 9.38. The Balaban J connectivity index is 1.55. The summed E-state index contributed by atoms with van der Waals surface area (Å²) in [4.78, 5) is 58.0. The molecule has 1 spiro atoms. The van der Waals surface area contributed by atoms with Crippen LogP contribution in [0.1, 0.15) is 42.5 Å². The number of rotatable bonds is 11. The Kier molecular flexibility index (Phi) is 8.34. The minimum absolute atomic E-state index is 0.0101. The molecule has 1 aromatic heterocycles. The summed E-state index contributed by atoms with van der Waals surface area (Å²) < 4.78 is 20.5. The van der Waals surface area contributed by atoms with E-state index in [0.717, 1.165) is 6.42 Å². The summed E-state index contributed by atoms with van der Waals surface area (Å²) in [6.45, 7) is 1.43. The van der Waals surface area contributed by atoms with Crippen molar-refractivity contribution in [2.45, 2.75) is 56.0 Å². The molecule has 14 heteroatoms. The molecule has 226 valence electrons. The number of halogens is 1. The van der Waals surface area contributed by atoms with Gasteiger partial charge < -0.3 is 30.1 Å². The number of hydrogen-bond acceptors (Lipinski definition) is 9. The Hall–Kier alpha value is -3.46. The van der Waals surface area contributed by atoms with Crippen molar-refractivity contribution in [2.24, 2.45) is 11.8 Å². The van der Waals surface area contributed by atoms with E-state index < -0.39 is 59.2 Å². The molecule has 5 rings (SSSR count). The number of carboxylic acids is 3. The van der Waals surface area contributed by atoms with Gasteiger partial charge in [0.2, 0.25) is 5.91 Å². The Morgan fingerprint density at radius 3 is 2.55 bits per heavy atom. The highest BCUT2D eigenvalue weighted by molar-refractivity contribution is 7.07. The molecule has 2 aromatic rings. The molecule has 3 aliphatic rings. The number of benzene rings is 1. The monoisotopic (exact) mass is 605 g/mol. The Labute approximate surface area is 244 Å². The lowest BCUT2D eigenvalue weighted by Gasteiger charge is -2.49. The normalized spacial score (nSPS) is 24.8. The molecule has 4 heterocycles. The molecule has 0 aliphatic carbocycles. The number of carbonyl (C=O) groups excluding carboxylic acids is 1. The van der Waals surface area contributed by atoms with E-state index in [-0.39, 0.29) is 44.9 Å². The second-order valence-corrected chi connectivity index (χ2v) is 12.0. The number of piperidine rings is 1. The molecule has 5 unspecified atom stereocenters. The molecule has 5 atom stereocenters. The molecule has 0 saturated carbocycles. The summed E-state index contributed by atoms with van der Waals surface area (Å²) in [6.07, 6.45) is -0.139. The fourth-order valence-corrected chi connectivity index (χ4v) is 7.09. The summed E-state index contributed by atoms with van der Waals surface area (Å²) in [5.41, 5.74) is -0.862. The van der Waals surface area contributed by atoms with Gasteiger partial charge in [-0.2, -0.15) is 0 Å². The van der Waals surface area contributed by atoms with Gasteiger partial charge in [-0.3, -0.25) is 19.3 Å². The fraction of sp³-hybridized carbons (Fsp3) is 0.536. The average molecular weight is 606 g/mol. The van der Waals surface area contributed by atoms with Crippen LogP contribution in [0, 0.1) is 17.7 Å². The third-order valence-electron chi connectivity index (χ3n) is 8.74. The van der Waals surface area contributed by atoms with Gasteiger partial charge in [-0.25, -0.2) is 14.2 Å². The smallest absolute Gasteiger partial charge is 0.337 e. The highest BCUT2D eigenvalue weighted by atomic mass is 32.1. The zero-order valence-electron chi connectivity index (χ0n) is 22.6. The summed E-state index contributed by atoms with van der Waals surface area (Å²) >= 11 is 1.37. The number of nitrogens with zero attached hydrogens (tertiary/aromatic N) is 3. The van der Waals surface area contributed by atoms with Crippen molar-refractivity contribution in [3.8, 4) is 0 Å². The fourth-order valence-electron chi connectivity index (χ4n) is 6.52. The molecule has 0 bridgehead atoms. The van der Waals surface area contributed by atoms with Crippen molar-refractivity contribution in [1.82, 2.24) is 14.8 Å². The van der Waals surface area contributed by atoms with E-state index in [4.69, 9.17) is 4.74 Å². The van der Waals surface area contributed by atoms with E-state index in [1.165, 1.54) is 23.5 Å². The first-order chi connectivity index (χ1) is 19.9. The van der Waals surface area contributed by atoms with Gasteiger partial charge in [-0.15, -0.1) is 11.3 Å². The van der Waals surface area contributed by atoms with Gasteiger partial charge >= 0.3 is 17.9 Å². The first kappa shape index (κ1) is 30.0. The van der Waals surface area contributed by atoms with Crippen LogP contribution in [-0.4, -0.2) is 96.8 Å². The SMILES string of the molecule is O=C(O)CC(O)(C(=O)O)C(C(=O)O)C1CC2(CCN1CC(Cc1cscn1)C(=O)N1CCC1)OCc1ccc(F)cc12. The maximum atomic E-state index is 14.4. The molecule has 3 aliphatic heterocycles. The average Bonchev–Trinajstić information content (AvgIpc) is 3.51. The lowest BCUT2D eigenvalue weighted by Crippen LogP contribution is -2.63. The highest BCUT2D eigenvalue weighted by Gasteiger charge is 2.59. The summed E-state index contributed by atoms with van der Waals surface area (Å²) in [5, 5.41) is 42.9. The number of fused-ring (bicyclic) bond motifs is 2. The standard InChI is InChI=1S/C28H32FN3O9S/c29-18-3-2-16-13-41-27(20(16)9-18)4-7-32(12-17(8-19-14-42-15-30-19)24(35)31-5-1-6-31)21(10-27)23(25(36)37)28(40,26(38)39)11-22(33)34/h2-3,9,14-15,17,21,23,40H,1,4-8,10-13H2,(H,33,34)(H,36,37)(H,38,39). The van der Waals surface area contributed by atoms with Gasteiger partial charge in [0, 0.05) is 44.0 Å². The lowest BCUT2D eigenvalue weighted by atomic mass is 9.70. The number of amides is 1. The van der Waals surface area contributed by atoms with E-state index in [0.29, 0.717) is 29.9 Å². The van der Waals surface area contributed by atoms with Gasteiger partial charge in [0.25, 0.3) is 0 Å². The van der Waals surface area contributed by atoms with Crippen molar-refractivity contribution < 1.29 is 48.7 Å². The molecule has 2 saturated heterocycles. The highest BCUT2D eigenvalue weighted by Crippen LogP contribution is 2.49. The van der Waals surface area contributed by atoms with Crippen molar-refractivity contribution in [2.75, 3.05) is 26.2 Å². The maximum absolute atomic E-state index is 14.4. The van der Waals surface area contributed by atoms with Crippen LogP contribution in [0.3, 0.4) is 0 Å². The van der Waals surface area contributed by atoms with Crippen LogP contribution in [0.25, 0.3) is 0 Å². The molecule has 12 nitrogen and oxygen atoms in total. The minimum atomic E-state index is -3.19. The van der Waals surface area contributed by atoms with Crippen LogP contribution in [0.5, 0.6) is 0 Å². The largest absolute Gasteiger partial charge is 0.481 e. The number of aliphatic hydroxyl groups is 1. The summed E-state index contributed by atoms with van der Waals surface area (Å²) in [5.74, 6) is -8.86. The predicted octanol–water partition coefficient (Wildman–Crippen LogP) is 1.55. The lowest BCUT2D eigenvalue weighted by molar-refractivity contribution is -0.190. The second-order valence-electron chi connectivity index (χ2n) is 11.3. The molecule has 0 radical (unpaired) electrons. The topological polar surface area (TPSA) is 178 Å². The summed E-state index contributed by atoms with van der Waals surface area (Å²) in [7, 11) is 0. The third kappa shape index (κ3) is 5.63. The number of thiazole rings is 1. The quantitative estimate of drug-likeness (QED) is 0.292. The van der Waals surface area contributed by atoms with E-state index >= 15 is 0 Å². The first-order valence-electron chi connectivity index (χ1n) is 13.7. The molecule has 4 N–H and O–H groups in total.